The lowest BCUT2D eigenvalue weighted by molar-refractivity contribution is -0.138. The molecule has 0 bridgehead atoms. The third-order valence-electron chi connectivity index (χ3n) is 5.57. The van der Waals surface area contributed by atoms with E-state index in [1.165, 1.54) is 0 Å². The molecule has 2 fully saturated rings. The van der Waals surface area contributed by atoms with E-state index in [1.807, 2.05) is 49.1 Å². The first kappa shape index (κ1) is 19.4. The molecule has 7 nitrogen and oxygen atoms in total. The summed E-state index contributed by atoms with van der Waals surface area (Å²) in [5, 5.41) is 8.07. The highest BCUT2D eigenvalue weighted by atomic mass is 16.5. The Morgan fingerprint density at radius 1 is 1.07 bits per heavy atom. The maximum atomic E-state index is 13.1. The minimum Gasteiger partial charge on any atom is -0.471 e. The molecule has 0 aliphatic carbocycles. The van der Waals surface area contributed by atoms with E-state index < -0.39 is 0 Å². The average molecular weight is 394 g/mol. The molecule has 2 unspecified atom stereocenters. The smallest absolute Gasteiger partial charge is 0.233 e. The van der Waals surface area contributed by atoms with Crippen molar-refractivity contribution in [3.05, 3.63) is 47.7 Å². The molecule has 2 aromatic rings. The number of carbonyl (C=O) groups is 2. The summed E-state index contributed by atoms with van der Waals surface area (Å²) in [7, 11) is 0. The van der Waals surface area contributed by atoms with Crippen molar-refractivity contribution in [3.63, 3.8) is 0 Å². The predicted octanol–water partition coefficient (Wildman–Crippen LogP) is 2.52. The number of benzene rings is 1. The fourth-order valence-corrected chi connectivity index (χ4v) is 3.96. The second-order valence-corrected chi connectivity index (χ2v) is 7.92. The van der Waals surface area contributed by atoms with Crippen LogP contribution in [0.15, 0.2) is 36.4 Å². The lowest BCUT2D eigenvalue weighted by Crippen LogP contribution is -2.47. The Bertz CT molecular complexity index is 882. The molecular formula is C22H26N4O3. The number of carbonyl (C=O) groups excluding carboxylic acids is 2. The van der Waals surface area contributed by atoms with Crippen molar-refractivity contribution in [1.82, 2.24) is 15.1 Å². The highest BCUT2D eigenvalue weighted by molar-refractivity contribution is 6.00. The normalized spacial score (nSPS) is 22.1. The van der Waals surface area contributed by atoms with E-state index in [0.717, 1.165) is 29.8 Å². The second kappa shape index (κ2) is 8.19. The Morgan fingerprint density at radius 2 is 1.86 bits per heavy atom. The molecule has 4 rings (SSSR count). The quantitative estimate of drug-likeness (QED) is 0.797. The number of hydrogen-bond acceptors (Lipinski definition) is 5. The lowest BCUT2D eigenvalue weighted by atomic mass is 10.0. The van der Waals surface area contributed by atoms with E-state index in [1.54, 1.807) is 11.0 Å². The molecule has 29 heavy (non-hydrogen) atoms. The van der Waals surface area contributed by atoms with Crippen LogP contribution in [0.4, 0.5) is 5.69 Å². The number of aryl methyl sites for hydroxylation is 2. The zero-order valence-electron chi connectivity index (χ0n) is 16.9. The topological polar surface area (TPSA) is 75.6 Å². The molecule has 1 aromatic carbocycles. The molecule has 2 aliphatic heterocycles. The van der Waals surface area contributed by atoms with Gasteiger partial charge in [0, 0.05) is 31.3 Å². The minimum atomic E-state index is -0.304. The maximum Gasteiger partial charge on any atom is 0.233 e. The molecule has 152 valence electrons. The molecule has 3 heterocycles. The Labute approximate surface area is 170 Å². The summed E-state index contributed by atoms with van der Waals surface area (Å²) in [4.78, 5) is 29.2. The van der Waals surface area contributed by atoms with Gasteiger partial charge in [0.15, 0.2) is 0 Å². The molecule has 0 spiro atoms. The van der Waals surface area contributed by atoms with Gasteiger partial charge < -0.3 is 14.5 Å². The van der Waals surface area contributed by atoms with Crippen LogP contribution in [0.1, 0.15) is 30.5 Å². The number of piperidine rings is 1. The van der Waals surface area contributed by atoms with Gasteiger partial charge in [0.05, 0.1) is 18.2 Å². The van der Waals surface area contributed by atoms with Crippen molar-refractivity contribution < 1.29 is 14.3 Å². The largest absolute Gasteiger partial charge is 0.471 e. The molecule has 1 aromatic heterocycles. The Kier molecular flexibility index (Phi) is 5.47. The van der Waals surface area contributed by atoms with Crippen molar-refractivity contribution in [1.29, 1.82) is 0 Å². The number of nitrogens with zero attached hydrogens (tertiary/aromatic N) is 4. The molecule has 2 saturated heterocycles. The summed E-state index contributed by atoms with van der Waals surface area (Å²) < 4.78 is 5.93. The zero-order valence-corrected chi connectivity index (χ0v) is 16.9. The SMILES string of the molecule is Cc1ccc(N2CC(C(=O)N3CCCC(Oc4ccc(C)nn4)C3)CC2=O)cc1. The van der Waals surface area contributed by atoms with Crippen LogP contribution >= 0.6 is 0 Å². The van der Waals surface area contributed by atoms with Crippen molar-refractivity contribution in [2.75, 3.05) is 24.5 Å². The Morgan fingerprint density at radius 3 is 2.59 bits per heavy atom. The van der Waals surface area contributed by atoms with Gasteiger partial charge in [-0.3, -0.25) is 9.59 Å². The first-order valence-electron chi connectivity index (χ1n) is 10.1. The molecule has 2 amide bonds. The summed E-state index contributed by atoms with van der Waals surface area (Å²) in [6.07, 6.45) is 1.91. The van der Waals surface area contributed by atoms with Crippen LogP contribution in [0, 0.1) is 19.8 Å². The summed E-state index contributed by atoms with van der Waals surface area (Å²) in [5.41, 5.74) is 2.83. The summed E-state index contributed by atoms with van der Waals surface area (Å²) in [6.45, 7) is 5.54. The minimum absolute atomic E-state index is 0.00643. The molecule has 2 atom stereocenters. The van der Waals surface area contributed by atoms with Crippen molar-refractivity contribution >= 4 is 17.5 Å². The second-order valence-electron chi connectivity index (χ2n) is 7.92. The van der Waals surface area contributed by atoms with Gasteiger partial charge in [0.1, 0.15) is 6.10 Å². The lowest BCUT2D eigenvalue weighted by Gasteiger charge is -2.34. The van der Waals surface area contributed by atoms with Crippen LogP contribution in [0.2, 0.25) is 0 Å². The van der Waals surface area contributed by atoms with Crippen LogP contribution in [0.3, 0.4) is 0 Å². The van der Waals surface area contributed by atoms with Gasteiger partial charge in [-0.2, -0.15) is 5.10 Å². The van der Waals surface area contributed by atoms with Gasteiger partial charge in [-0.1, -0.05) is 17.7 Å². The molecule has 7 heteroatoms. The number of amides is 2. The van der Waals surface area contributed by atoms with Crippen LogP contribution in [0.25, 0.3) is 0 Å². The van der Waals surface area contributed by atoms with Gasteiger partial charge in [0.25, 0.3) is 0 Å². The van der Waals surface area contributed by atoms with E-state index in [4.69, 9.17) is 4.74 Å². The standard InChI is InChI=1S/C22H26N4O3/c1-15-5-8-18(9-6-15)26-13-17(12-21(26)27)22(28)25-11-3-4-19(14-25)29-20-10-7-16(2)23-24-20/h5-10,17,19H,3-4,11-14H2,1-2H3. The van der Waals surface area contributed by atoms with Crippen LogP contribution in [-0.2, 0) is 9.59 Å². The van der Waals surface area contributed by atoms with Crippen molar-refractivity contribution in [2.45, 2.75) is 39.2 Å². The first-order chi connectivity index (χ1) is 14.0. The van der Waals surface area contributed by atoms with Crippen LogP contribution in [-0.4, -0.2) is 52.6 Å². The van der Waals surface area contributed by atoms with Gasteiger partial charge in [0.2, 0.25) is 17.7 Å². The fraction of sp³-hybridized carbons (Fsp3) is 0.455. The van der Waals surface area contributed by atoms with E-state index in [2.05, 4.69) is 10.2 Å². The number of rotatable bonds is 4. The van der Waals surface area contributed by atoms with Crippen molar-refractivity contribution in [2.24, 2.45) is 5.92 Å². The van der Waals surface area contributed by atoms with E-state index in [0.29, 0.717) is 25.5 Å². The fourth-order valence-electron chi connectivity index (χ4n) is 3.96. The summed E-state index contributed by atoms with van der Waals surface area (Å²) in [6, 6.07) is 11.5. The maximum absolute atomic E-state index is 13.1. The van der Waals surface area contributed by atoms with Crippen LogP contribution < -0.4 is 9.64 Å². The number of ether oxygens (including phenoxy) is 1. The molecule has 0 N–H and O–H groups in total. The van der Waals surface area contributed by atoms with Gasteiger partial charge in [-0.05, 0) is 44.9 Å². The van der Waals surface area contributed by atoms with E-state index >= 15 is 0 Å². The number of anilines is 1. The summed E-state index contributed by atoms with van der Waals surface area (Å²) >= 11 is 0. The number of aromatic nitrogens is 2. The highest BCUT2D eigenvalue weighted by Crippen LogP contribution is 2.28. The molecule has 2 aliphatic rings. The van der Waals surface area contributed by atoms with Crippen molar-refractivity contribution in [3.8, 4) is 5.88 Å². The van der Waals surface area contributed by atoms with Gasteiger partial charge in [-0.25, -0.2) is 0 Å². The third-order valence-corrected chi connectivity index (χ3v) is 5.57. The Hall–Kier alpha value is -2.96. The third kappa shape index (κ3) is 4.39. The predicted molar refractivity (Wildman–Crippen MR) is 109 cm³/mol. The molecular weight excluding hydrogens is 368 g/mol. The molecule has 0 saturated carbocycles. The summed E-state index contributed by atoms with van der Waals surface area (Å²) in [5.74, 6) is 0.224. The van der Waals surface area contributed by atoms with Gasteiger partial charge in [-0.15, -0.1) is 5.10 Å². The van der Waals surface area contributed by atoms with E-state index in [9.17, 15) is 9.59 Å². The highest BCUT2D eigenvalue weighted by Gasteiger charge is 2.38. The number of hydrogen-bond donors (Lipinski definition) is 0. The zero-order chi connectivity index (χ0) is 20.4. The average Bonchev–Trinajstić information content (AvgIpc) is 3.11. The van der Waals surface area contributed by atoms with E-state index in [-0.39, 0.29) is 30.3 Å². The monoisotopic (exact) mass is 394 g/mol. The Balaban J connectivity index is 1.38. The number of likely N-dealkylation sites (tertiary alicyclic amines) is 1. The van der Waals surface area contributed by atoms with Crippen LogP contribution in [0.5, 0.6) is 5.88 Å². The van der Waals surface area contributed by atoms with Gasteiger partial charge >= 0.3 is 0 Å². The molecule has 0 radical (unpaired) electrons. The first-order valence-corrected chi connectivity index (χ1v) is 10.1.